The van der Waals surface area contributed by atoms with Crippen LogP contribution in [-0.2, 0) is 9.59 Å². The van der Waals surface area contributed by atoms with Gasteiger partial charge in [0, 0.05) is 11.3 Å². The average molecular weight is 306 g/mol. The lowest BCUT2D eigenvalue weighted by Crippen LogP contribution is -2.26. The van der Waals surface area contributed by atoms with E-state index in [1.54, 1.807) is 4.90 Å². The van der Waals surface area contributed by atoms with Crippen LogP contribution < -0.4 is 10.2 Å². The minimum absolute atomic E-state index is 0.169. The molecule has 3 rings (SSSR count). The first-order valence-electron chi connectivity index (χ1n) is 7.56. The Kier molecular flexibility index (Phi) is 3.98. The molecule has 116 valence electrons. The van der Waals surface area contributed by atoms with Crippen LogP contribution in [0.4, 0.5) is 17.1 Å². The molecule has 1 heterocycles. The quantitative estimate of drug-likeness (QED) is 0.851. The van der Waals surface area contributed by atoms with Crippen molar-refractivity contribution in [2.45, 2.75) is 20.3 Å². The predicted molar refractivity (Wildman–Crippen MR) is 92.7 cm³/mol. The molecule has 0 unspecified atom stereocenters. The van der Waals surface area contributed by atoms with Gasteiger partial charge in [-0.3, -0.25) is 14.5 Å². The molecular weight excluding hydrogens is 288 g/mol. The molecule has 0 bridgehead atoms. The summed E-state index contributed by atoms with van der Waals surface area (Å²) in [6.45, 7) is 3.92. The molecule has 2 amide bonds. The summed E-state index contributed by atoms with van der Waals surface area (Å²) in [4.78, 5) is 26.3. The molecular formula is C19H18N2O2. The number of aryl methyl sites for hydroxylation is 1. The van der Waals surface area contributed by atoms with Crippen LogP contribution in [0.25, 0.3) is 6.08 Å². The summed E-state index contributed by atoms with van der Waals surface area (Å²) < 4.78 is 0. The maximum Gasteiger partial charge on any atom is 0.241 e. The van der Waals surface area contributed by atoms with E-state index in [9.17, 15) is 9.59 Å². The third kappa shape index (κ3) is 2.75. The highest BCUT2D eigenvalue weighted by molar-refractivity contribution is 6.18. The lowest BCUT2D eigenvalue weighted by molar-refractivity contribution is -0.124. The number of allylic oxidation sites excluding steroid dienone is 1. The Morgan fingerprint density at radius 3 is 2.52 bits per heavy atom. The number of rotatable bonds is 2. The molecule has 0 saturated heterocycles. The zero-order valence-electron chi connectivity index (χ0n) is 13.2. The largest absolute Gasteiger partial charge is 0.323 e. The Balaban J connectivity index is 2.26. The predicted octanol–water partition coefficient (Wildman–Crippen LogP) is 4.04. The second kappa shape index (κ2) is 6.08. The molecule has 4 nitrogen and oxygen atoms in total. The standard InChI is InChI=1S/C19H18N2O2/c1-3-7-15-13(2)10-11-16-19(15)20-17(22)12-18(23)21(16)14-8-5-4-6-9-14/h3-11H,12H2,1-2H3,(H,20,22)/b7-3-. The molecule has 1 aliphatic rings. The summed E-state index contributed by atoms with van der Waals surface area (Å²) in [5, 5.41) is 2.89. The summed E-state index contributed by atoms with van der Waals surface area (Å²) >= 11 is 0. The normalized spacial score (nSPS) is 14.6. The van der Waals surface area contributed by atoms with Crippen molar-refractivity contribution in [3.05, 3.63) is 59.7 Å². The summed E-state index contributed by atoms with van der Waals surface area (Å²) in [6, 6.07) is 13.2. The average Bonchev–Trinajstić information content (AvgIpc) is 2.66. The van der Waals surface area contributed by atoms with Crippen molar-refractivity contribution in [3.63, 3.8) is 0 Å². The lowest BCUT2D eigenvalue weighted by Gasteiger charge is -2.24. The highest BCUT2D eigenvalue weighted by atomic mass is 16.2. The molecule has 0 saturated carbocycles. The first-order chi connectivity index (χ1) is 11.1. The van der Waals surface area contributed by atoms with Gasteiger partial charge < -0.3 is 5.32 Å². The molecule has 23 heavy (non-hydrogen) atoms. The number of carbonyl (C=O) groups excluding carboxylic acids is 2. The van der Waals surface area contributed by atoms with Gasteiger partial charge in [-0.25, -0.2) is 0 Å². The Bertz CT molecular complexity index is 795. The highest BCUT2D eigenvalue weighted by Gasteiger charge is 2.28. The first-order valence-corrected chi connectivity index (χ1v) is 7.56. The summed E-state index contributed by atoms with van der Waals surface area (Å²) in [6.07, 6.45) is 3.71. The summed E-state index contributed by atoms with van der Waals surface area (Å²) in [7, 11) is 0. The number of anilines is 3. The Morgan fingerprint density at radius 2 is 1.83 bits per heavy atom. The van der Waals surface area contributed by atoms with E-state index in [0.29, 0.717) is 11.4 Å². The smallest absolute Gasteiger partial charge is 0.241 e. The number of nitrogens with zero attached hydrogens (tertiary/aromatic N) is 1. The van der Waals surface area contributed by atoms with Gasteiger partial charge >= 0.3 is 0 Å². The van der Waals surface area contributed by atoms with Crippen LogP contribution in [0.1, 0.15) is 24.5 Å². The molecule has 1 N–H and O–H groups in total. The number of para-hydroxylation sites is 1. The zero-order valence-corrected chi connectivity index (χ0v) is 13.2. The number of hydrogen-bond acceptors (Lipinski definition) is 2. The van der Waals surface area contributed by atoms with Crippen molar-refractivity contribution in [2.75, 3.05) is 10.2 Å². The summed E-state index contributed by atoms with van der Waals surface area (Å²) in [5.74, 6) is -0.520. The fourth-order valence-electron chi connectivity index (χ4n) is 2.81. The van der Waals surface area contributed by atoms with Crippen molar-refractivity contribution in [2.24, 2.45) is 0 Å². The second-order valence-corrected chi connectivity index (χ2v) is 5.48. The third-order valence-electron chi connectivity index (χ3n) is 3.86. The first kappa shape index (κ1) is 15.0. The van der Waals surface area contributed by atoms with Crippen LogP contribution in [0.5, 0.6) is 0 Å². The van der Waals surface area contributed by atoms with E-state index in [2.05, 4.69) is 5.32 Å². The van der Waals surface area contributed by atoms with E-state index in [1.807, 2.05) is 68.5 Å². The van der Waals surface area contributed by atoms with Gasteiger partial charge in [-0.05, 0) is 37.6 Å². The van der Waals surface area contributed by atoms with Crippen molar-refractivity contribution >= 4 is 35.0 Å². The van der Waals surface area contributed by atoms with Gasteiger partial charge in [0.25, 0.3) is 0 Å². The number of benzene rings is 2. The van der Waals surface area contributed by atoms with E-state index in [0.717, 1.165) is 16.8 Å². The van der Waals surface area contributed by atoms with Gasteiger partial charge in [-0.1, -0.05) is 36.4 Å². The van der Waals surface area contributed by atoms with Crippen molar-refractivity contribution in [3.8, 4) is 0 Å². The topological polar surface area (TPSA) is 49.4 Å². The maximum atomic E-state index is 12.6. The Labute approximate surface area is 135 Å². The number of fused-ring (bicyclic) bond motifs is 1. The van der Waals surface area contributed by atoms with Crippen LogP contribution in [0.2, 0.25) is 0 Å². The van der Waals surface area contributed by atoms with Crippen molar-refractivity contribution in [1.82, 2.24) is 0 Å². The molecule has 2 aromatic rings. The summed E-state index contributed by atoms with van der Waals surface area (Å²) in [5.41, 5.74) is 4.11. The second-order valence-electron chi connectivity index (χ2n) is 5.48. The van der Waals surface area contributed by atoms with E-state index in [4.69, 9.17) is 0 Å². The van der Waals surface area contributed by atoms with Crippen LogP contribution >= 0.6 is 0 Å². The number of nitrogens with one attached hydrogen (secondary N) is 1. The lowest BCUT2D eigenvalue weighted by atomic mass is 10.0. The van der Waals surface area contributed by atoms with E-state index in [1.165, 1.54) is 0 Å². The van der Waals surface area contributed by atoms with E-state index >= 15 is 0 Å². The third-order valence-corrected chi connectivity index (χ3v) is 3.86. The fourth-order valence-corrected chi connectivity index (χ4v) is 2.81. The van der Waals surface area contributed by atoms with Gasteiger partial charge in [0.1, 0.15) is 6.42 Å². The van der Waals surface area contributed by atoms with Crippen LogP contribution in [0.3, 0.4) is 0 Å². The Hall–Kier alpha value is -2.88. The van der Waals surface area contributed by atoms with Gasteiger partial charge in [-0.15, -0.1) is 0 Å². The van der Waals surface area contributed by atoms with E-state index < -0.39 is 0 Å². The van der Waals surface area contributed by atoms with Gasteiger partial charge in [0.05, 0.1) is 11.4 Å². The monoisotopic (exact) mass is 306 g/mol. The molecule has 4 heteroatoms. The Morgan fingerprint density at radius 1 is 1.09 bits per heavy atom. The van der Waals surface area contributed by atoms with Gasteiger partial charge in [-0.2, -0.15) is 0 Å². The molecule has 1 aliphatic heterocycles. The van der Waals surface area contributed by atoms with Crippen LogP contribution in [-0.4, -0.2) is 11.8 Å². The fraction of sp³-hybridized carbons (Fsp3) is 0.158. The number of hydrogen-bond donors (Lipinski definition) is 1. The van der Waals surface area contributed by atoms with Crippen LogP contribution in [0, 0.1) is 6.92 Å². The van der Waals surface area contributed by atoms with Gasteiger partial charge in [0.2, 0.25) is 11.8 Å². The molecule has 0 radical (unpaired) electrons. The minimum atomic E-state index is -0.286. The number of carbonyl (C=O) groups is 2. The molecule has 0 atom stereocenters. The SMILES string of the molecule is C/C=C\c1c(C)ccc2c1NC(=O)CC(=O)N2c1ccccc1. The van der Waals surface area contributed by atoms with E-state index in [-0.39, 0.29) is 18.2 Å². The molecule has 0 aliphatic carbocycles. The zero-order chi connectivity index (χ0) is 16.4. The van der Waals surface area contributed by atoms with Crippen molar-refractivity contribution in [1.29, 1.82) is 0 Å². The van der Waals surface area contributed by atoms with Crippen molar-refractivity contribution < 1.29 is 9.59 Å². The molecule has 0 spiro atoms. The van der Waals surface area contributed by atoms with Gasteiger partial charge in [0.15, 0.2) is 0 Å². The highest BCUT2D eigenvalue weighted by Crippen LogP contribution is 2.39. The maximum absolute atomic E-state index is 12.6. The molecule has 0 aromatic heterocycles. The minimum Gasteiger partial charge on any atom is -0.323 e. The van der Waals surface area contributed by atoms with Crippen LogP contribution in [0.15, 0.2) is 48.5 Å². The molecule has 2 aromatic carbocycles. The molecule has 0 fully saturated rings. The number of amides is 2.